The van der Waals surface area contributed by atoms with Crippen molar-refractivity contribution in [1.29, 1.82) is 0 Å². The molecule has 3 aromatic rings. The van der Waals surface area contributed by atoms with E-state index in [0.717, 1.165) is 34.4 Å². The number of hydrogen-bond acceptors (Lipinski definition) is 5. The first-order valence-corrected chi connectivity index (χ1v) is 11.1. The van der Waals surface area contributed by atoms with Crippen LogP contribution in [0.2, 0.25) is 0 Å². The molecular formula is C23H26N4O2S. The van der Waals surface area contributed by atoms with Crippen molar-refractivity contribution >= 4 is 23.4 Å². The Morgan fingerprint density at radius 1 is 1.20 bits per heavy atom. The van der Waals surface area contributed by atoms with Gasteiger partial charge in [-0.1, -0.05) is 42.1 Å². The Morgan fingerprint density at radius 3 is 2.70 bits per heavy atom. The second-order valence-corrected chi connectivity index (χ2v) is 8.71. The van der Waals surface area contributed by atoms with Gasteiger partial charge < -0.3 is 14.2 Å². The Kier molecular flexibility index (Phi) is 5.81. The van der Waals surface area contributed by atoms with E-state index in [1.807, 2.05) is 58.9 Å². The summed E-state index contributed by atoms with van der Waals surface area (Å²) < 4.78 is 7.53. The van der Waals surface area contributed by atoms with Crippen molar-refractivity contribution < 1.29 is 9.53 Å². The lowest BCUT2D eigenvalue weighted by atomic mass is 10.1. The number of rotatable bonds is 6. The lowest BCUT2D eigenvalue weighted by molar-refractivity contribution is -0.118. The first-order chi connectivity index (χ1) is 14.5. The largest absolute Gasteiger partial charge is 0.496 e. The maximum atomic E-state index is 13.3. The lowest BCUT2D eigenvalue weighted by Crippen LogP contribution is -2.40. The van der Waals surface area contributed by atoms with Crippen molar-refractivity contribution in [2.24, 2.45) is 0 Å². The molecule has 2 heterocycles. The Hall–Kier alpha value is -2.80. The third-order valence-electron chi connectivity index (χ3n) is 5.46. The van der Waals surface area contributed by atoms with E-state index in [-0.39, 0.29) is 17.2 Å². The van der Waals surface area contributed by atoms with Crippen molar-refractivity contribution in [1.82, 2.24) is 14.8 Å². The predicted octanol–water partition coefficient (Wildman–Crippen LogP) is 4.43. The highest BCUT2D eigenvalue weighted by molar-refractivity contribution is 8.00. The van der Waals surface area contributed by atoms with Crippen molar-refractivity contribution in [2.75, 3.05) is 12.0 Å². The number of anilines is 1. The molecule has 156 valence electrons. The van der Waals surface area contributed by atoms with Gasteiger partial charge in [-0.25, -0.2) is 0 Å². The van der Waals surface area contributed by atoms with Crippen LogP contribution in [0.1, 0.15) is 26.3 Å². The van der Waals surface area contributed by atoms with E-state index in [1.165, 1.54) is 17.3 Å². The van der Waals surface area contributed by atoms with Gasteiger partial charge >= 0.3 is 0 Å². The zero-order valence-electron chi connectivity index (χ0n) is 17.7. The number of thioether (sulfide) groups is 1. The summed E-state index contributed by atoms with van der Waals surface area (Å²) >= 11 is 1.45. The molecule has 1 amide bonds. The quantitative estimate of drug-likeness (QED) is 0.550. The number of methoxy groups -OCH3 is 1. The summed E-state index contributed by atoms with van der Waals surface area (Å²) in [7, 11) is 1.65. The number of ether oxygens (including phenoxy) is 1. The van der Waals surface area contributed by atoms with E-state index in [0.29, 0.717) is 6.54 Å². The third-order valence-corrected chi connectivity index (χ3v) is 6.52. The summed E-state index contributed by atoms with van der Waals surface area (Å²) in [4.78, 5) is 15.3. The van der Waals surface area contributed by atoms with Crippen LogP contribution in [0.15, 0.2) is 53.7 Å². The number of amides is 1. The summed E-state index contributed by atoms with van der Waals surface area (Å²) in [5, 5.41) is 9.27. The summed E-state index contributed by atoms with van der Waals surface area (Å²) in [5.74, 6) is 1.60. The van der Waals surface area contributed by atoms with Crippen LogP contribution in [0.25, 0.3) is 11.4 Å². The minimum absolute atomic E-state index is 0.0990. The molecule has 0 bridgehead atoms. The van der Waals surface area contributed by atoms with Gasteiger partial charge in [0.1, 0.15) is 5.75 Å². The Bertz CT molecular complexity index is 1060. The van der Waals surface area contributed by atoms with Gasteiger partial charge in [0.05, 0.1) is 17.9 Å². The zero-order valence-corrected chi connectivity index (χ0v) is 18.5. The molecule has 1 aromatic heterocycles. The van der Waals surface area contributed by atoms with Gasteiger partial charge in [0, 0.05) is 18.3 Å². The third kappa shape index (κ3) is 3.58. The topological polar surface area (TPSA) is 60.2 Å². The fraction of sp³-hybridized carbons (Fsp3) is 0.348. The fourth-order valence-electron chi connectivity index (χ4n) is 4.00. The maximum absolute atomic E-state index is 13.3. The molecule has 0 unspecified atom stereocenters. The number of nitrogens with zero attached hydrogens (tertiary/aromatic N) is 4. The van der Waals surface area contributed by atoms with Crippen LogP contribution in [0.5, 0.6) is 5.75 Å². The van der Waals surface area contributed by atoms with Crippen molar-refractivity contribution in [3.8, 4) is 17.1 Å². The van der Waals surface area contributed by atoms with Crippen LogP contribution in [0.3, 0.4) is 0 Å². The molecule has 30 heavy (non-hydrogen) atoms. The first kappa shape index (κ1) is 20.5. The van der Waals surface area contributed by atoms with Gasteiger partial charge in [-0.2, -0.15) is 0 Å². The molecular weight excluding hydrogens is 396 g/mol. The smallest absolute Gasteiger partial charge is 0.240 e. The molecule has 2 atom stereocenters. The molecule has 0 saturated carbocycles. The summed E-state index contributed by atoms with van der Waals surface area (Å²) in [6, 6.07) is 16.1. The van der Waals surface area contributed by atoms with E-state index in [2.05, 4.69) is 30.1 Å². The Morgan fingerprint density at radius 2 is 1.93 bits per heavy atom. The normalized spacial score (nSPS) is 16.4. The number of para-hydroxylation sites is 2. The van der Waals surface area contributed by atoms with E-state index in [9.17, 15) is 4.79 Å². The minimum Gasteiger partial charge on any atom is -0.496 e. The number of carbonyl (C=O) groups is 1. The average molecular weight is 423 g/mol. The molecule has 1 aliphatic heterocycles. The van der Waals surface area contributed by atoms with Gasteiger partial charge in [0.25, 0.3) is 0 Å². The molecule has 0 spiro atoms. The molecule has 0 fully saturated rings. The predicted molar refractivity (Wildman–Crippen MR) is 120 cm³/mol. The molecule has 2 aromatic carbocycles. The highest BCUT2D eigenvalue weighted by Crippen LogP contribution is 2.36. The van der Waals surface area contributed by atoms with Gasteiger partial charge in [0.15, 0.2) is 11.0 Å². The zero-order chi connectivity index (χ0) is 21.3. The summed E-state index contributed by atoms with van der Waals surface area (Å²) in [5.41, 5.74) is 3.14. The number of hydrogen-bond donors (Lipinski definition) is 0. The van der Waals surface area contributed by atoms with Gasteiger partial charge in [-0.15, -0.1) is 10.2 Å². The van der Waals surface area contributed by atoms with Gasteiger partial charge in [0.2, 0.25) is 5.91 Å². The fourth-order valence-corrected chi connectivity index (χ4v) is 4.96. The van der Waals surface area contributed by atoms with Crippen LogP contribution >= 0.6 is 11.8 Å². The van der Waals surface area contributed by atoms with Gasteiger partial charge in [-0.05, 0) is 51.0 Å². The second kappa shape index (κ2) is 8.52. The molecule has 0 aliphatic carbocycles. The molecule has 0 saturated heterocycles. The van der Waals surface area contributed by atoms with Crippen molar-refractivity contribution in [3.05, 3.63) is 54.1 Å². The van der Waals surface area contributed by atoms with Crippen molar-refractivity contribution in [3.63, 3.8) is 0 Å². The minimum atomic E-state index is -0.279. The number of aromatic nitrogens is 3. The number of fused-ring (bicyclic) bond motifs is 1. The molecule has 0 N–H and O–H groups in total. The van der Waals surface area contributed by atoms with Gasteiger partial charge in [-0.3, -0.25) is 4.79 Å². The van der Waals surface area contributed by atoms with E-state index < -0.39 is 0 Å². The average Bonchev–Trinajstić information content (AvgIpc) is 3.32. The van der Waals surface area contributed by atoms with Crippen LogP contribution < -0.4 is 9.64 Å². The second-order valence-electron chi connectivity index (χ2n) is 7.40. The SMILES string of the molecule is CCn1c(S[C@@H](C)C(=O)N2c3ccccc3C[C@@H]2C)nnc1-c1ccccc1OC. The number of benzene rings is 2. The van der Waals surface area contributed by atoms with Crippen molar-refractivity contribution in [2.45, 2.75) is 50.2 Å². The van der Waals surface area contributed by atoms with Crippen LogP contribution in [-0.4, -0.2) is 39.1 Å². The highest BCUT2D eigenvalue weighted by atomic mass is 32.2. The lowest BCUT2D eigenvalue weighted by Gasteiger charge is -2.25. The summed E-state index contributed by atoms with van der Waals surface area (Å²) in [6.45, 7) is 6.80. The van der Waals surface area contributed by atoms with E-state index in [4.69, 9.17) is 4.74 Å². The molecule has 7 heteroatoms. The van der Waals surface area contributed by atoms with E-state index in [1.54, 1.807) is 7.11 Å². The summed E-state index contributed by atoms with van der Waals surface area (Å²) in [6.07, 6.45) is 0.891. The Balaban J connectivity index is 1.59. The van der Waals surface area contributed by atoms with Crippen LogP contribution in [0.4, 0.5) is 5.69 Å². The highest BCUT2D eigenvalue weighted by Gasteiger charge is 2.34. The van der Waals surface area contributed by atoms with Crippen LogP contribution in [0, 0.1) is 0 Å². The Labute approximate surface area is 181 Å². The van der Waals surface area contributed by atoms with E-state index >= 15 is 0 Å². The standard InChI is InChI=1S/C23H26N4O2S/c1-5-26-21(18-11-7-9-13-20(18)29-4)24-25-23(26)30-16(3)22(28)27-15(2)14-17-10-6-8-12-19(17)27/h6-13,15-16H,5,14H2,1-4H3/t15-,16-/m0/s1. The number of carbonyl (C=O) groups excluding carboxylic acids is 1. The monoisotopic (exact) mass is 422 g/mol. The van der Waals surface area contributed by atoms with Crippen LogP contribution in [-0.2, 0) is 17.8 Å². The molecule has 4 rings (SSSR count). The first-order valence-electron chi connectivity index (χ1n) is 10.2. The molecule has 0 radical (unpaired) electrons. The molecule has 1 aliphatic rings. The molecule has 6 nitrogen and oxygen atoms in total. The maximum Gasteiger partial charge on any atom is 0.240 e.